The molecule has 1 fully saturated rings. The van der Waals surface area contributed by atoms with Gasteiger partial charge in [0, 0.05) is 39.1 Å². The molecule has 9 heteroatoms. The Labute approximate surface area is 182 Å². The molecular weight excluding hydrogens is 469 g/mol. The molecule has 1 amide bonds. The first-order valence-corrected chi connectivity index (χ1v) is 9.33. The molecule has 0 spiro atoms. The number of likely N-dealkylation sites (tertiary alicyclic amines) is 1. The summed E-state index contributed by atoms with van der Waals surface area (Å²) in [5.74, 6) is 0.971. The van der Waals surface area contributed by atoms with Gasteiger partial charge in [0.05, 0.1) is 6.54 Å². The van der Waals surface area contributed by atoms with E-state index in [0.717, 1.165) is 25.5 Å². The van der Waals surface area contributed by atoms with Crippen LogP contribution in [0.15, 0.2) is 41.9 Å². The number of amides is 1. The molecule has 0 bridgehead atoms. The van der Waals surface area contributed by atoms with Gasteiger partial charge >= 0.3 is 0 Å². The molecule has 2 aromatic rings. The van der Waals surface area contributed by atoms with Crippen LogP contribution in [0.4, 0.5) is 0 Å². The number of halogens is 1. The molecule has 1 aliphatic heterocycles. The Morgan fingerprint density at radius 3 is 2.89 bits per heavy atom. The second-order valence-electron chi connectivity index (χ2n) is 6.66. The maximum Gasteiger partial charge on any atom is 0.222 e. The molecule has 28 heavy (non-hydrogen) atoms. The van der Waals surface area contributed by atoms with Crippen LogP contribution < -0.4 is 10.6 Å². The zero-order valence-corrected chi connectivity index (χ0v) is 18.7. The Bertz CT molecular complexity index is 778. The minimum atomic E-state index is 0. The molecule has 1 atom stereocenters. The lowest BCUT2D eigenvalue weighted by atomic mass is 10.1. The maximum atomic E-state index is 11.8. The number of nitrogens with one attached hydrogen (secondary N) is 2. The molecule has 2 N–H and O–H groups in total. The van der Waals surface area contributed by atoms with Gasteiger partial charge < -0.3 is 15.5 Å². The van der Waals surface area contributed by atoms with E-state index in [4.69, 9.17) is 0 Å². The zero-order chi connectivity index (χ0) is 19.1. The Hall–Kier alpha value is -2.17. The molecule has 3 rings (SSSR count). The molecule has 152 valence electrons. The standard InChI is InChI=1S/C19H27N7O.HI/c1-3-18(27)25-8-7-17(12-25)24-19(20-2)22-10-15-5-4-6-16(9-15)11-26-14-21-13-23-26;/h4-6,9,13-14,17H,3,7-8,10-12H2,1-2H3,(H2,20,22,24);1H. The average Bonchev–Trinajstić information content (AvgIpc) is 3.37. The number of benzene rings is 1. The molecule has 1 saturated heterocycles. The number of guanidine groups is 1. The molecule has 2 heterocycles. The van der Waals surface area contributed by atoms with E-state index in [9.17, 15) is 4.79 Å². The number of aromatic nitrogens is 3. The fraction of sp³-hybridized carbons (Fsp3) is 0.474. The fourth-order valence-corrected chi connectivity index (χ4v) is 3.24. The molecule has 0 radical (unpaired) electrons. The van der Waals surface area contributed by atoms with Crippen molar-refractivity contribution in [2.24, 2.45) is 4.99 Å². The lowest BCUT2D eigenvalue weighted by Gasteiger charge is -2.19. The Kier molecular flexibility index (Phi) is 8.68. The summed E-state index contributed by atoms with van der Waals surface area (Å²) >= 11 is 0. The SMILES string of the molecule is CCC(=O)N1CCC(NC(=NC)NCc2cccc(Cn3cncn3)c2)C1.I. The third-order valence-electron chi connectivity index (χ3n) is 4.67. The maximum absolute atomic E-state index is 11.8. The summed E-state index contributed by atoms with van der Waals surface area (Å²) in [5.41, 5.74) is 2.34. The molecule has 1 aromatic heterocycles. The van der Waals surface area contributed by atoms with E-state index in [1.807, 2.05) is 17.9 Å². The van der Waals surface area contributed by atoms with Gasteiger partial charge in [0.1, 0.15) is 12.7 Å². The molecule has 0 aliphatic carbocycles. The summed E-state index contributed by atoms with van der Waals surface area (Å²) in [5, 5.41) is 10.9. The van der Waals surface area contributed by atoms with Gasteiger partial charge in [0.15, 0.2) is 5.96 Å². The Morgan fingerprint density at radius 1 is 1.36 bits per heavy atom. The van der Waals surface area contributed by atoms with Crippen LogP contribution in [0.3, 0.4) is 0 Å². The number of aliphatic imine (C=N–C) groups is 1. The average molecular weight is 497 g/mol. The van der Waals surface area contributed by atoms with Crippen LogP contribution in [0.5, 0.6) is 0 Å². The van der Waals surface area contributed by atoms with Crippen molar-refractivity contribution in [3.05, 3.63) is 48.0 Å². The van der Waals surface area contributed by atoms with Crippen LogP contribution >= 0.6 is 24.0 Å². The van der Waals surface area contributed by atoms with Crippen LogP contribution in [0.2, 0.25) is 0 Å². The van der Waals surface area contributed by atoms with Gasteiger partial charge in [-0.1, -0.05) is 31.2 Å². The quantitative estimate of drug-likeness (QED) is 0.360. The van der Waals surface area contributed by atoms with E-state index in [-0.39, 0.29) is 35.9 Å². The second kappa shape index (κ2) is 11.0. The van der Waals surface area contributed by atoms with Gasteiger partial charge in [-0.15, -0.1) is 24.0 Å². The van der Waals surface area contributed by atoms with Crippen LogP contribution in [0, 0.1) is 0 Å². The zero-order valence-electron chi connectivity index (χ0n) is 16.3. The first kappa shape index (κ1) is 22.1. The van der Waals surface area contributed by atoms with Gasteiger partial charge in [-0.25, -0.2) is 9.67 Å². The van der Waals surface area contributed by atoms with Crippen molar-refractivity contribution in [3.8, 4) is 0 Å². The molecular formula is C19H28IN7O. The molecule has 1 aromatic carbocycles. The predicted octanol–water partition coefficient (Wildman–Crippen LogP) is 1.62. The number of rotatable bonds is 6. The minimum Gasteiger partial charge on any atom is -0.352 e. The summed E-state index contributed by atoms with van der Waals surface area (Å²) in [6.45, 7) is 4.83. The smallest absolute Gasteiger partial charge is 0.222 e. The van der Waals surface area contributed by atoms with Gasteiger partial charge in [-0.05, 0) is 17.5 Å². The Morgan fingerprint density at radius 2 is 2.18 bits per heavy atom. The highest BCUT2D eigenvalue weighted by molar-refractivity contribution is 14.0. The third kappa shape index (κ3) is 6.18. The topological polar surface area (TPSA) is 87.4 Å². The summed E-state index contributed by atoms with van der Waals surface area (Å²) in [6.07, 6.45) is 4.76. The fourth-order valence-electron chi connectivity index (χ4n) is 3.24. The minimum absolute atomic E-state index is 0. The predicted molar refractivity (Wildman–Crippen MR) is 120 cm³/mol. The van der Waals surface area contributed by atoms with Crippen LogP contribution in [-0.4, -0.2) is 57.7 Å². The molecule has 1 aliphatic rings. The van der Waals surface area contributed by atoms with E-state index in [1.54, 1.807) is 24.4 Å². The van der Waals surface area contributed by atoms with Crippen LogP contribution in [0.25, 0.3) is 0 Å². The number of hydrogen-bond donors (Lipinski definition) is 2. The van der Waals surface area contributed by atoms with Gasteiger partial charge in [0.2, 0.25) is 5.91 Å². The van der Waals surface area contributed by atoms with Gasteiger partial charge in [-0.2, -0.15) is 5.10 Å². The van der Waals surface area contributed by atoms with E-state index in [2.05, 4.69) is 43.9 Å². The van der Waals surface area contributed by atoms with Gasteiger partial charge in [-0.3, -0.25) is 9.79 Å². The number of hydrogen-bond acceptors (Lipinski definition) is 4. The summed E-state index contributed by atoms with van der Waals surface area (Å²) in [7, 11) is 1.76. The first-order valence-electron chi connectivity index (χ1n) is 9.33. The van der Waals surface area contributed by atoms with Crippen molar-refractivity contribution < 1.29 is 4.79 Å². The molecule has 8 nitrogen and oxygen atoms in total. The lowest BCUT2D eigenvalue weighted by Crippen LogP contribution is -2.44. The van der Waals surface area contributed by atoms with E-state index in [0.29, 0.717) is 19.5 Å². The van der Waals surface area contributed by atoms with Crippen molar-refractivity contribution in [3.63, 3.8) is 0 Å². The molecule has 0 saturated carbocycles. The van der Waals surface area contributed by atoms with Crippen molar-refractivity contribution in [2.75, 3.05) is 20.1 Å². The monoisotopic (exact) mass is 497 g/mol. The van der Waals surface area contributed by atoms with Gasteiger partial charge in [0.25, 0.3) is 0 Å². The highest BCUT2D eigenvalue weighted by Crippen LogP contribution is 2.11. The number of nitrogens with zero attached hydrogens (tertiary/aromatic N) is 5. The van der Waals surface area contributed by atoms with E-state index >= 15 is 0 Å². The normalized spacial score (nSPS) is 16.6. The summed E-state index contributed by atoms with van der Waals surface area (Å²) in [4.78, 5) is 22.0. The highest BCUT2D eigenvalue weighted by Gasteiger charge is 2.25. The third-order valence-corrected chi connectivity index (χ3v) is 4.67. The Balaban J connectivity index is 0.00000280. The van der Waals surface area contributed by atoms with E-state index in [1.165, 1.54) is 11.1 Å². The molecule has 1 unspecified atom stereocenters. The van der Waals surface area contributed by atoms with Crippen LogP contribution in [-0.2, 0) is 17.9 Å². The largest absolute Gasteiger partial charge is 0.352 e. The number of carbonyl (C=O) groups is 1. The van der Waals surface area contributed by atoms with E-state index < -0.39 is 0 Å². The van der Waals surface area contributed by atoms with Crippen LogP contribution in [0.1, 0.15) is 30.9 Å². The van der Waals surface area contributed by atoms with Crippen molar-refractivity contribution in [1.82, 2.24) is 30.3 Å². The highest BCUT2D eigenvalue weighted by atomic mass is 127. The summed E-state index contributed by atoms with van der Waals surface area (Å²) in [6, 6.07) is 8.60. The lowest BCUT2D eigenvalue weighted by molar-refractivity contribution is -0.129. The summed E-state index contributed by atoms with van der Waals surface area (Å²) < 4.78 is 1.80. The van der Waals surface area contributed by atoms with Crippen molar-refractivity contribution in [1.29, 1.82) is 0 Å². The first-order chi connectivity index (χ1) is 13.2. The van der Waals surface area contributed by atoms with Crippen molar-refractivity contribution in [2.45, 2.75) is 38.9 Å². The number of carbonyl (C=O) groups excluding carboxylic acids is 1. The second-order valence-corrected chi connectivity index (χ2v) is 6.66. The van der Waals surface area contributed by atoms with Crippen molar-refractivity contribution >= 4 is 35.8 Å².